The Labute approximate surface area is 193 Å². The molecule has 3 atom stereocenters. The van der Waals surface area contributed by atoms with Crippen molar-refractivity contribution in [2.75, 3.05) is 6.61 Å². The van der Waals surface area contributed by atoms with E-state index in [0.29, 0.717) is 12.8 Å². The number of rotatable bonds is 7. The fourth-order valence-corrected chi connectivity index (χ4v) is 5.07. The number of carbonyl (C=O) groups is 3. The maximum atomic E-state index is 12.7. The highest BCUT2D eigenvalue weighted by Gasteiger charge is 2.34. The zero-order chi connectivity index (χ0) is 23.4. The average Bonchev–Trinajstić information content (AvgIpc) is 3.11. The molecule has 1 saturated carbocycles. The van der Waals surface area contributed by atoms with Crippen molar-refractivity contribution in [3.63, 3.8) is 0 Å². The van der Waals surface area contributed by atoms with Crippen molar-refractivity contribution in [1.82, 2.24) is 10.6 Å². The molecule has 0 aliphatic heterocycles. The van der Waals surface area contributed by atoms with Gasteiger partial charge in [-0.05, 0) is 42.0 Å². The predicted octanol–water partition coefficient (Wildman–Crippen LogP) is 4.06. The molecule has 7 nitrogen and oxygen atoms in total. The quantitative estimate of drug-likeness (QED) is 0.590. The van der Waals surface area contributed by atoms with Gasteiger partial charge in [0.15, 0.2) is 0 Å². The van der Waals surface area contributed by atoms with Gasteiger partial charge in [0.2, 0.25) is 5.91 Å². The molecule has 0 heterocycles. The average molecular weight is 451 g/mol. The van der Waals surface area contributed by atoms with Crippen LogP contribution >= 0.6 is 0 Å². The van der Waals surface area contributed by atoms with Crippen LogP contribution in [0.4, 0.5) is 4.79 Å². The van der Waals surface area contributed by atoms with Gasteiger partial charge in [0.1, 0.15) is 6.61 Å². The van der Waals surface area contributed by atoms with E-state index in [1.165, 1.54) is 11.1 Å². The second kappa shape index (κ2) is 10.1. The van der Waals surface area contributed by atoms with E-state index in [1.54, 1.807) is 6.92 Å². The molecule has 0 unspecified atom stereocenters. The summed E-state index contributed by atoms with van der Waals surface area (Å²) in [4.78, 5) is 36.3. The number of fused-ring (bicyclic) bond motifs is 3. The lowest BCUT2D eigenvalue weighted by Crippen LogP contribution is -2.50. The van der Waals surface area contributed by atoms with Crippen molar-refractivity contribution in [3.8, 4) is 11.1 Å². The number of alkyl carbamates (subject to hydrolysis) is 1. The van der Waals surface area contributed by atoms with Gasteiger partial charge < -0.3 is 20.5 Å². The number of amides is 2. The van der Waals surface area contributed by atoms with Crippen LogP contribution in [0.2, 0.25) is 0 Å². The summed E-state index contributed by atoms with van der Waals surface area (Å²) in [6, 6.07) is 15.5. The Morgan fingerprint density at radius 3 is 2.24 bits per heavy atom. The molecule has 0 spiro atoms. The Balaban J connectivity index is 1.37. The van der Waals surface area contributed by atoms with Gasteiger partial charge in [-0.3, -0.25) is 9.59 Å². The normalized spacial score (nSPS) is 20.3. The van der Waals surface area contributed by atoms with Crippen LogP contribution in [0.1, 0.15) is 56.1 Å². The first kappa shape index (κ1) is 22.8. The maximum absolute atomic E-state index is 12.7. The summed E-state index contributed by atoms with van der Waals surface area (Å²) in [5.41, 5.74) is 4.63. The largest absolute Gasteiger partial charge is 0.481 e. The van der Waals surface area contributed by atoms with Gasteiger partial charge in [-0.25, -0.2) is 4.79 Å². The zero-order valence-corrected chi connectivity index (χ0v) is 18.8. The van der Waals surface area contributed by atoms with Gasteiger partial charge in [-0.15, -0.1) is 0 Å². The Morgan fingerprint density at radius 1 is 1.00 bits per heavy atom. The Kier molecular flexibility index (Phi) is 6.96. The van der Waals surface area contributed by atoms with Crippen LogP contribution in [0.25, 0.3) is 11.1 Å². The van der Waals surface area contributed by atoms with E-state index in [4.69, 9.17) is 9.84 Å². The fraction of sp³-hybridized carbons (Fsp3) is 0.423. The summed E-state index contributed by atoms with van der Waals surface area (Å²) >= 11 is 0. The molecular weight excluding hydrogens is 420 g/mol. The highest BCUT2D eigenvalue weighted by atomic mass is 16.5. The first-order chi connectivity index (χ1) is 15.9. The topological polar surface area (TPSA) is 105 Å². The summed E-state index contributed by atoms with van der Waals surface area (Å²) in [5.74, 6) is -1.59. The lowest BCUT2D eigenvalue weighted by atomic mass is 9.83. The van der Waals surface area contributed by atoms with E-state index in [0.717, 1.165) is 24.0 Å². The Morgan fingerprint density at radius 2 is 1.61 bits per heavy atom. The smallest absolute Gasteiger partial charge is 0.407 e. The second-order valence-corrected chi connectivity index (χ2v) is 8.97. The first-order valence-corrected chi connectivity index (χ1v) is 11.6. The molecule has 1 fully saturated rings. The van der Waals surface area contributed by atoms with Crippen LogP contribution in [0.5, 0.6) is 0 Å². The molecule has 4 rings (SSSR count). The Bertz CT molecular complexity index is 991. The number of ether oxygens (including phenoxy) is 1. The van der Waals surface area contributed by atoms with Crippen molar-refractivity contribution in [1.29, 1.82) is 0 Å². The molecule has 2 aliphatic carbocycles. The van der Waals surface area contributed by atoms with Crippen LogP contribution in [0.3, 0.4) is 0 Å². The molecule has 2 amide bonds. The van der Waals surface area contributed by atoms with E-state index in [2.05, 4.69) is 34.9 Å². The van der Waals surface area contributed by atoms with E-state index >= 15 is 0 Å². The van der Waals surface area contributed by atoms with Crippen molar-refractivity contribution >= 4 is 18.0 Å². The lowest BCUT2D eigenvalue weighted by Gasteiger charge is -2.31. The summed E-state index contributed by atoms with van der Waals surface area (Å²) in [5, 5.41) is 14.6. The van der Waals surface area contributed by atoms with Crippen LogP contribution < -0.4 is 10.6 Å². The van der Waals surface area contributed by atoms with Gasteiger partial charge in [0.05, 0.1) is 12.3 Å². The maximum Gasteiger partial charge on any atom is 0.407 e. The van der Waals surface area contributed by atoms with Crippen LogP contribution in [0.15, 0.2) is 48.5 Å². The minimum absolute atomic E-state index is 0.0227. The first-order valence-electron chi connectivity index (χ1n) is 11.6. The van der Waals surface area contributed by atoms with Crippen LogP contribution in [0, 0.1) is 5.92 Å². The molecule has 33 heavy (non-hydrogen) atoms. The number of nitrogens with one attached hydrogen (secondary N) is 2. The molecule has 2 aliphatic rings. The molecule has 174 valence electrons. The number of benzene rings is 2. The van der Waals surface area contributed by atoms with Gasteiger partial charge >= 0.3 is 12.1 Å². The van der Waals surface area contributed by atoms with Crippen LogP contribution in [-0.4, -0.2) is 41.8 Å². The number of carbonyl (C=O) groups excluding carboxylic acids is 2. The minimum Gasteiger partial charge on any atom is -0.481 e. The number of carboxylic acids is 1. The highest BCUT2D eigenvalue weighted by Crippen LogP contribution is 2.44. The molecule has 7 heteroatoms. The summed E-state index contributed by atoms with van der Waals surface area (Å²) in [7, 11) is 0. The van der Waals surface area contributed by atoms with Gasteiger partial charge in [0.25, 0.3) is 0 Å². The van der Waals surface area contributed by atoms with Crippen molar-refractivity contribution in [3.05, 3.63) is 59.7 Å². The number of hydrogen-bond donors (Lipinski definition) is 3. The van der Waals surface area contributed by atoms with Crippen molar-refractivity contribution < 1.29 is 24.2 Å². The van der Waals surface area contributed by atoms with Crippen molar-refractivity contribution in [2.45, 2.75) is 57.0 Å². The van der Waals surface area contributed by atoms with E-state index in [1.807, 2.05) is 24.3 Å². The third-order valence-electron chi connectivity index (χ3n) is 6.62. The van der Waals surface area contributed by atoms with Gasteiger partial charge in [-0.1, -0.05) is 61.4 Å². The molecule has 3 N–H and O–H groups in total. The molecule has 2 aromatic rings. The number of carboxylic acid groups (broad SMARTS) is 1. The van der Waals surface area contributed by atoms with Gasteiger partial charge in [0, 0.05) is 18.0 Å². The predicted molar refractivity (Wildman–Crippen MR) is 124 cm³/mol. The lowest BCUT2D eigenvalue weighted by molar-refractivity contribution is -0.137. The van der Waals surface area contributed by atoms with E-state index < -0.39 is 24.0 Å². The van der Waals surface area contributed by atoms with Crippen molar-refractivity contribution in [2.24, 2.45) is 5.92 Å². The van der Waals surface area contributed by atoms with E-state index in [9.17, 15) is 14.4 Å². The highest BCUT2D eigenvalue weighted by molar-refractivity contribution is 5.82. The summed E-state index contributed by atoms with van der Waals surface area (Å²) in [6.45, 7) is 1.89. The fourth-order valence-electron chi connectivity index (χ4n) is 5.07. The SMILES string of the molecule is C[C@H](CC(=O)O)NC(=O)[C@H]1CCCC[C@H]1NC(=O)OCC1c2ccccc2-c2ccccc21. The van der Waals surface area contributed by atoms with Crippen LogP contribution in [-0.2, 0) is 14.3 Å². The monoisotopic (exact) mass is 450 g/mol. The molecular formula is C26H30N2O5. The summed E-state index contributed by atoms with van der Waals surface area (Å²) in [6.07, 6.45) is 2.50. The number of aliphatic carboxylic acids is 1. The van der Waals surface area contributed by atoms with Gasteiger partial charge in [-0.2, -0.15) is 0 Å². The molecule has 0 bridgehead atoms. The second-order valence-electron chi connectivity index (χ2n) is 8.97. The third-order valence-corrected chi connectivity index (χ3v) is 6.62. The molecule has 2 aromatic carbocycles. The molecule has 0 radical (unpaired) electrons. The number of hydrogen-bond acceptors (Lipinski definition) is 4. The molecule has 0 aromatic heterocycles. The standard InChI is InChI=1S/C26H30N2O5/c1-16(14-24(29)30)27-25(31)21-12-6-7-13-23(21)28-26(32)33-15-22-19-10-4-2-8-17(19)18-9-3-5-11-20(18)22/h2-5,8-11,16,21-23H,6-7,12-15H2,1H3,(H,27,31)(H,28,32)(H,29,30)/t16-,21+,23-/m1/s1. The summed E-state index contributed by atoms with van der Waals surface area (Å²) < 4.78 is 5.64. The minimum atomic E-state index is -0.959. The van der Waals surface area contributed by atoms with E-state index in [-0.39, 0.29) is 30.9 Å². The molecule has 0 saturated heterocycles. The Hall–Kier alpha value is -3.35. The zero-order valence-electron chi connectivity index (χ0n) is 18.8. The third kappa shape index (κ3) is 5.18.